The Morgan fingerprint density at radius 3 is 2.38 bits per heavy atom. The zero-order valence-corrected chi connectivity index (χ0v) is 14.2. The lowest BCUT2D eigenvalue weighted by Crippen LogP contribution is -2.14. The van der Waals surface area contributed by atoms with Gasteiger partial charge < -0.3 is 14.2 Å². The summed E-state index contributed by atoms with van der Waals surface area (Å²) in [6.45, 7) is 0. The summed E-state index contributed by atoms with van der Waals surface area (Å²) in [5.74, 6) is -1.00. The van der Waals surface area contributed by atoms with Gasteiger partial charge in [0.05, 0.1) is 21.3 Å². The Morgan fingerprint density at radius 2 is 1.85 bits per heavy atom. The van der Waals surface area contributed by atoms with Crippen molar-refractivity contribution < 1.29 is 32.2 Å². The van der Waals surface area contributed by atoms with Crippen LogP contribution < -0.4 is 19.5 Å². The van der Waals surface area contributed by atoms with Gasteiger partial charge in [0.25, 0.3) is 0 Å². The second-order valence-electron chi connectivity index (χ2n) is 5.05. The maximum Gasteiger partial charge on any atom is 0.451 e. The minimum absolute atomic E-state index is 0.0261. The van der Waals surface area contributed by atoms with E-state index in [1.165, 1.54) is 21.3 Å². The van der Waals surface area contributed by atoms with E-state index in [-0.39, 0.29) is 12.8 Å². The highest BCUT2D eigenvalue weighted by atomic mass is 19.4. The molecule has 0 aliphatic heterocycles. The van der Waals surface area contributed by atoms with Crippen molar-refractivity contribution in [1.82, 2.24) is 15.2 Å². The maximum absolute atomic E-state index is 12.4. The van der Waals surface area contributed by atoms with Gasteiger partial charge >= 0.3 is 6.18 Å². The molecule has 0 saturated carbocycles. The highest BCUT2D eigenvalue weighted by molar-refractivity contribution is 5.89. The number of halogens is 3. The van der Waals surface area contributed by atoms with Crippen molar-refractivity contribution in [2.75, 3.05) is 26.6 Å². The molecule has 0 unspecified atom stereocenters. The second-order valence-corrected chi connectivity index (χ2v) is 5.05. The van der Waals surface area contributed by atoms with E-state index < -0.39 is 23.9 Å². The van der Waals surface area contributed by atoms with Gasteiger partial charge in [-0.2, -0.15) is 18.2 Å². The number of methoxy groups -OCH3 is 3. The molecule has 0 aliphatic carbocycles. The third-order valence-electron chi connectivity index (χ3n) is 3.41. The zero-order chi connectivity index (χ0) is 19.3. The molecule has 142 valence electrons. The van der Waals surface area contributed by atoms with Crippen LogP contribution in [0.1, 0.15) is 17.8 Å². The lowest BCUT2D eigenvalue weighted by Gasteiger charge is -2.15. The van der Waals surface area contributed by atoms with Gasteiger partial charge in [0, 0.05) is 6.42 Å². The highest BCUT2D eigenvalue weighted by Crippen LogP contribution is 2.40. The third-order valence-corrected chi connectivity index (χ3v) is 3.41. The first kappa shape index (κ1) is 19.3. The largest absolute Gasteiger partial charge is 0.493 e. The number of aryl methyl sites for hydroxylation is 1. The summed E-state index contributed by atoms with van der Waals surface area (Å²) in [5.41, 5.74) is 0.672. The lowest BCUT2D eigenvalue weighted by molar-refractivity contribution is -0.144. The Morgan fingerprint density at radius 1 is 1.15 bits per heavy atom. The number of alkyl halides is 3. The number of nitrogens with zero attached hydrogens (tertiary/aromatic N) is 2. The first-order chi connectivity index (χ1) is 12.3. The van der Waals surface area contributed by atoms with E-state index in [0.29, 0.717) is 22.8 Å². The van der Waals surface area contributed by atoms with Crippen LogP contribution in [0, 0.1) is 0 Å². The topological polar surface area (TPSA) is 98.4 Å². The predicted octanol–water partition coefficient (Wildman–Crippen LogP) is 2.42. The van der Waals surface area contributed by atoms with Gasteiger partial charge in [-0.15, -0.1) is 5.10 Å². The van der Waals surface area contributed by atoms with Crippen LogP contribution >= 0.6 is 0 Å². The van der Waals surface area contributed by atoms with Crippen LogP contribution in [0.3, 0.4) is 0 Å². The molecular weight excluding hydrogens is 357 g/mol. The number of hydrogen-bond acceptors (Lipinski definition) is 6. The molecular formula is C15H17F3N4O4. The molecule has 2 N–H and O–H groups in total. The molecule has 1 aromatic heterocycles. The maximum atomic E-state index is 12.4. The normalized spacial score (nSPS) is 11.2. The number of carbonyl (C=O) groups is 1. The van der Waals surface area contributed by atoms with E-state index in [2.05, 4.69) is 15.4 Å². The molecule has 0 fully saturated rings. The number of aromatic nitrogens is 3. The Kier molecular flexibility index (Phi) is 5.90. The summed E-state index contributed by atoms with van der Waals surface area (Å²) in [7, 11) is 4.39. The molecule has 2 rings (SSSR count). The number of carbonyl (C=O) groups excluding carboxylic acids is 1. The Balaban J connectivity index is 2.04. The molecule has 1 heterocycles. The molecule has 26 heavy (non-hydrogen) atoms. The molecule has 2 aromatic rings. The predicted molar refractivity (Wildman–Crippen MR) is 84.4 cm³/mol. The van der Waals surface area contributed by atoms with Crippen LogP contribution in [0.4, 0.5) is 19.1 Å². The molecule has 1 aromatic carbocycles. The quantitative estimate of drug-likeness (QED) is 0.772. The molecule has 1 amide bonds. The minimum atomic E-state index is -4.66. The van der Waals surface area contributed by atoms with E-state index in [9.17, 15) is 18.0 Å². The minimum Gasteiger partial charge on any atom is -0.493 e. The van der Waals surface area contributed by atoms with Crippen molar-refractivity contribution >= 4 is 11.9 Å². The zero-order valence-electron chi connectivity index (χ0n) is 14.2. The van der Waals surface area contributed by atoms with E-state index >= 15 is 0 Å². The fourth-order valence-corrected chi connectivity index (χ4v) is 2.24. The number of rotatable bonds is 7. The van der Waals surface area contributed by atoms with Gasteiger partial charge in [0.2, 0.25) is 23.4 Å². The third kappa shape index (κ3) is 4.35. The number of aromatic amines is 1. The fourth-order valence-electron chi connectivity index (χ4n) is 2.24. The molecule has 11 heteroatoms. The van der Waals surface area contributed by atoms with E-state index in [1.54, 1.807) is 17.2 Å². The lowest BCUT2D eigenvalue weighted by atomic mass is 10.1. The van der Waals surface area contributed by atoms with Crippen LogP contribution in [0.25, 0.3) is 0 Å². The summed E-state index contributed by atoms with van der Waals surface area (Å²) in [5, 5.41) is 7.24. The Hall–Kier alpha value is -2.98. The SMILES string of the molecule is COc1ccc(CCC(=O)Nc2n[nH]c(C(F)(F)F)n2)c(OC)c1OC. The Labute approximate surface area is 146 Å². The summed E-state index contributed by atoms with van der Waals surface area (Å²) in [6, 6.07) is 3.38. The van der Waals surface area contributed by atoms with Crippen LogP contribution in [0.5, 0.6) is 17.2 Å². The average Bonchev–Trinajstić information content (AvgIpc) is 3.07. The highest BCUT2D eigenvalue weighted by Gasteiger charge is 2.35. The fraction of sp³-hybridized carbons (Fsp3) is 0.400. The summed E-state index contributed by atoms with van der Waals surface area (Å²) in [4.78, 5) is 15.1. The number of amides is 1. The second kappa shape index (κ2) is 7.93. The summed E-state index contributed by atoms with van der Waals surface area (Å²) < 4.78 is 53.1. The molecule has 0 radical (unpaired) electrons. The summed E-state index contributed by atoms with van der Waals surface area (Å²) in [6.07, 6.45) is -4.43. The smallest absolute Gasteiger partial charge is 0.451 e. The van der Waals surface area contributed by atoms with E-state index in [1.807, 2.05) is 0 Å². The van der Waals surface area contributed by atoms with Crippen molar-refractivity contribution in [3.05, 3.63) is 23.5 Å². The van der Waals surface area contributed by atoms with Crippen LogP contribution in [-0.2, 0) is 17.4 Å². The van der Waals surface area contributed by atoms with E-state index in [4.69, 9.17) is 14.2 Å². The number of nitrogens with one attached hydrogen (secondary N) is 2. The number of hydrogen-bond donors (Lipinski definition) is 2. The van der Waals surface area contributed by atoms with Crippen LogP contribution in [-0.4, -0.2) is 42.4 Å². The molecule has 0 saturated heterocycles. The molecule has 0 aliphatic rings. The monoisotopic (exact) mass is 374 g/mol. The number of H-pyrrole nitrogens is 1. The van der Waals surface area contributed by atoms with Crippen molar-refractivity contribution in [2.45, 2.75) is 19.0 Å². The van der Waals surface area contributed by atoms with Crippen LogP contribution in [0.2, 0.25) is 0 Å². The van der Waals surface area contributed by atoms with Crippen molar-refractivity contribution in [2.24, 2.45) is 0 Å². The van der Waals surface area contributed by atoms with Gasteiger partial charge in [0.1, 0.15) is 0 Å². The van der Waals surface area contributed by atoms with Gasteiger partial charge in [-0.1, -0.05) is 6.07 Å². The van der Waals surface area contributed by atoms with Gasteiger partial charge in [-0.05, 0) is 18.1 Å². The standard InChI is InChI=1S/C15H17F3N4O4/c1-24-9-6-4-8(11(25-2)12(9)26-3)5-7-10(23)19-14-20-13(21-22-14)15(16,17)18/h4,6H,5,7H2,1-3H3,(H2,19,20,21,22,23). The molecule has 0 bridgehead atoms. The van der Waals surface area contributed by atoms with Crippen LogP contribution in [0.15, 0.2) is 12.1 Å². The number of anilines is 1. The van der Waals surface area contributed by atoms with Crippen molar-refractivity contribution in [1.29, 1.82) is 0 Å². The van der Waals surface area contributed by atoms with Crippen molar-refractivity contribution in [3.63, 3.8) is 0 Å². The average molecular weight is 374 g/mol. The van der Waals surface area contributed by atoms with Gasteiger partial charge in [-0.25, -0.2) is 0 Å². The molecule has 0 spiro atoms. The summed E-state index contributed by atoms with van der Waals surface area (Å²) >= 11 is 0. The van der Waals surface area contributed by atoms with Crippen molar-refractivity contribution in [3.8, 4) is 17.2 Å². The first-order valence-corrected chi connectivity index (χ1v) is 7.37. The molecule has 8 nitrogen and oxygen atoms in total. The first-order valence-electron chi connectivity index (χ1n) is 7.37. The number of benzene rings is 1. The Bertz CT molecular complexity index is 777. The molecule has 0 atom stereocenters. The van der Waals surface area contributed by atoms with E-state index in [0.717, 1.165) is 0 Å². The van der Waals surface area contributed by atoms with Gasteiger partial charge in [0.15, 0.2) is 11.5 Å². The van der Waals surface area contributed by atoms with Gasteiger partial charge in [-0.3, -0.25) is 15.2 Å². The number of ether oxygens (including phenoxy) is 3.